The fraction of sp³-hybridized carbons (Fsp3) is 0.346. The van der Waals surface area contributed by atoms with Crippen molar-refractivity contribution in [2.75, 3.05) is 44.7 Å². The number of nitrogens with zero attached hydrogens (tertiary/aromatic N) is 5. The Morgan fingerprint density at radius 1 is 1.00 bits per heavy atom. The molecule has 0 atom stereocenters. The highest BCUT2D eigenvalue weighted by molar-refractivity contribution is 5.94. The molecule has 1 aromatic heterocycles. The summed E-state index contributed by atoms with van der Waals surface area (Å²) in [7, 11) is 2.10. The van der Waals surface area contributed by atoms with Gasteiger partial charge in [-0.2, -0.15) is 4.98 Å². The number of fused-ring (bicyclic) bond motifs is 1. The number of hydrogen-bond acceptors (Lipinski definition) is 6. The van der Waals surface area contributed by atoms with Gasteiger partial charge in [0.25, 0.3) is 5.91 Å². The van der Waals surface area contributed by atoms with Crippen molar-refractivity contribution in [3.8, 4) is 11.6 Å². The first-order valence-corrected chi connectivity index (χ1v) is 11.6. The summed E-state index contributed by atoms with van der Waals surface area (Å²) in [5.41, 5.74) is 3.35. The Labute approximate surface area is 198 Å². The van der Waals surface area contributed by atoms with E-state index in [9.17, 15) is 9.18 Å². The fourth-order valence-corrected chi connectivity index (χ4v) is 4.38. The van der Waals surface area contributed by atoms with Crippen LogP contribution in [0.5, 0.6) is 11.6 Å². The van der Waals surface area contributed by atoms with E-state index in [1.54, 1.807) is 17.0 Å². The van der Waals surface area contributed by atoms with Crippen LogP contribution >= 0.6 is 0 Å². The van der Waals surface area contributed by atoms with Crippen LogP contribution in [0, 0.1) is 12.7 Å². The molecule has 176 valence electrons. The summed E-state index contributed by atoms with van der Waals surface area (Å²) in [6.07, 6.45) is 0.607. The number of halogens is 1. The van der Waals surface area contributed by atoms with Gasteiger partial charge in [0.05, 0.1) is 17.8 Å². The molecule has 1 fully saturated rings. The van der Waals surface area contributed by atoms with Gasteiger partial charge in [-0.3, -0.25) is 4.79 Å². The van der Waals surface area contributed by atoms with Crippen molar-refractivity contribution >= 4 is 11.9 Å². The largest absolute Gasteiger partial charge is 0.438 e. The number of anilines is 1. The number of hydrogen-bond donors (Lipinski definition) is 0. The average molecular weight is 462 g/mol. The van der Waals surface area contributed by atoms with Crippen molar-refractivity contribution < 1.29 is 13.9 Å². The zero-order valence-corrected chi connectivity index (χ0v) is 19.5. The van der Waals surface area contributed by atoms with E-state index in [2.05, 4.69) is 16.8 Å². The number of likely N-dealkylation sites (N-methyl/N-ethyl adjacent to an activating group) is 1. The van der Waals surface area contributed by atoms with Crippen LogP contribution in [0.4, 0.5) is 10.3 Å². The maximum absolute atomic E-state index is 13.8. The number of rotatable bonds is 4. The summed E-state index contributed by atoms with van der Waals surface area (Å²) < 4.78 is 19.9. The average Bonchev–Trinajstić information content (AvgIpc) is 2.84. The van der Waals surface area contributed by atoms with Gasteiger partial charge in [0, 0.05) is 50.8 Å². The van der Waals surface area contributed by atoms with E-state index in [-0.39, 0.29) is 11.7 Å². The normalized spacial score (nSPS) is 16.3. The molecule has 5 rings (SSSR count). The first-order chi connectivity index (χ1) is 16.5. The standard InChI is InChI=1S/C26H28FN5O2/c1-18-5-3-6-19(15-18)25(33)32-10-9-23-22(17-32)24(34-21-8-4-7-20(27)16-21)29-26(28-23)31-13-11-30(2)12-14-31/h3-8,15-16H,9-14,17H2,1-2H3. The third kappa shape index (κ3) is 4.72. The van der Waals surface area contributed by atoms with Crippen molar-refractivity contribution in [1.29, 1.82) is 0 Å². The van der Waals surface area contributed by atoms with Crippen LogP contribution in [-0.4, -0.2) is 65.4 Å². The van der Waals surface area contributed by atoms with E-state index < -0.39 is 0 Å². The molecular formula is C26H28FN5O2. The monoisotopic (exact) mass is 461 g/mol. The second-order valence-electron chi connectivity index (χ2n) is 8.95. The number of piperazine rings is 1. The molecule has 2 aromatic carbocycles. The van der Waals surface area contributed by atoms with Crippen molar-refractivity contribution in [3.63, 3.8) is 0 Å². The van der Waals surface area contributed by atoms with Crippen molar-refractivity contribution in [3.05, 3.63) is 76.7 Å². The Morgan fingerprint density at radius 3 is 2.56 bits per heavy atom. The molecule has 0 spiro atoms. The topological polar surface area (TPSA) is 61.8 Å². The first-order valence-electron chi connectivity index (χ1n) is 11.6. The summed E-state index contributed by atoms with van der Waals surface area (Å²) in [4.78, 5) is 29.1. The number of aryl methyl sites for hydroxylation is 1. The van der Waals surface area contributed by atoms with E-state index in [1.807, 2.05) is 31.2 Å². The van der Waals surface area contributed by atoms with E-state index in [0.29, 0.717) is 42.7 Å². The number of carbonyl (C=O) groups is 1. The maximum Gasteiger partial charge on any atom is 0.254 e. The molecule has 1 amide bonds. The SMILES string of the molecule is Cc1cccc(C(=O)N2CCc3nc(N4CCN(C)CC4)nc(Oc4cccc(F)c4)c3C2)c1. The third-order valence-electron chi connectivity index (χ3n) is 6.36. The van der Waals surface area contributed by atoms with Gasteiger partial charge in [-0.25, -0.2) is 9.37 Å². The minimum Gasteiger partial charge on any atom is -0.438 e. The van der Waals surface area contributed by atoms with Gasteiger partial charge in [-0.05, 0) is 38.2 Å². The molecule has 0 unspecified atom stereocenters. The van der Waals surface area contributed by atoms with Gasteiger partial charge in [-0.1, -0.05) is 23.8 Å². The van der Waals surface area contributed by atoms with E-state index in [4.69, 9.17) is 14.7 Å². The van der Waals surface area contributed by atoms with Crippen LogP contribution in [0.2, 0.25) is 0 Å². The summed E-state index contributed by atoms with van der Waals surface area (Å²) in [5, 5.41) is 0. The summed E-state index contributed by atoms with van der Waals surface area (Å²) in [5.74, 6) is 0.959. The number of aromatic nitrogens is 2. The Hall–Kier alpha value is -3.52. The smallest absolute Gasteiger partial charge is 0.254 e. The summed E-state index contributed by atoms with van der Waals surface area (Å²) in [6.45, 7) is 6.40. The Morgan fingerprint density at radius 2 is 1.79 bits per heavy atom. The molecule has 2 aliphatic heterocycles. The Kier molecular flexibility index (Phi) is 6.15. The highest BCUT2D eigenvalue weighted by Crippen LogP contribution is 2.32. The minimum absolute atomic E-state index is 0.0331. The minimum atomic E-state index is -0.379. The van der Waals surface area contributed by atoms with Crippen LogP contribution in [0.15, 0.2) is 48.5 Å². The molecule has 3 aromatic rings. The molecule has 34 heavy (non-hydrogen) atoms. The lowest BCUT2D eigenvalue weighted by molar-refractivity contribution is 0.0732. The second kappa shape index (κ2) is 9.38. The summed E-state index contributed by atoms with van der Waals surface area (Å²) in [6, 6.07) is 13.6. The molecular weight excluding hydrogens is 433 g/mol. The van der Waals surface area contributed by atoms with Crippen LogP contribution in [0.25, 0.3) is 0 Å². The lowest BCUT2D eigenvalue weighted by Gasteiger charge is -2.34. The Balaban J connectivity index is 1.48. The summed E-state index contributed by atoms with van der Waals surface area (Å²) >= 11 is 0. The van der Waals surface area contributed by atoms with Crippen molar-refractivity contribution in [1.82, 2.24) is 19.8 Å². The molecule has 7 nitrogen and oxygen atoms in total. The quantitative estimate of drug-likeness (QED) is 0.591. The third-order valence-corrected chi connectivity index (χ3v) is 6.36. The van der Waals surface area contributed by atoms with Gasteiger partial charge in [-0.15, -0.1) is 0 Å². The number of ether oxygens (including phenoxy) is 1. The molecule has 0 N–H and O–H groups in total. The zero-order valence-electron chi connectivity index (χ0n) is 19.5. The van der Waals surface area contributed by atoms with Gasteiger partial charge in [0.2, 0.25) is 11.8 Å². The predicted molar refractivity (Wildman–Crippen MR) is 128 cm³/mol. The molecule has 0 bridgehead atoms. The molecule has 2 aliphatic rings. The molecule has 0 aliphatic carbocycles. The van der Waals surface area contributed by atoms with Crippen LogP contribution < -0.4 is 9.64 Å². The van der Waals surface area contributed by atoms with Gasteiger partial charge >= 0.3 is 0 Å². The Bertz CT molecular complexity index is 1210. The van der Waals surface area contributed by atoms with Crippen LogP contribution in [0.1, 0.15) is 27.2 Å². The lowest BCUT2D eigenvalue weighted by atomic mass is 10.0. The predicted octanol–water partition coefficient (Wildman–Crippen LogP) is 3.67. The number of amides is 1. The van der Waals surface area contributed by atoms with E-state index in [1.165, 1.54) is 12.1 Å². The second-order valence-corrected chi connectivity index (χ2v) is 8.95. The van der Waals surface area contributed by atoms with Crippen molar-refractivity contribution in [2.24, 2.45) is 0 Å². The number of carbonyl (C=O) groups excluding carboxylic acids is 1. The van der Waals surface area contributed by atoms with E-state index in [0.717, 1.165) is 43.0 Å². The highest BCUT2D eigenvalue weighted by Gasteiger charge is 2.29. The molecule has 0 radical (unpaired) electrons. The molecule has 8 heteroatoms. The van der Waals surface area contributed by atoms with Crippen molar-refractivity contribution in [2.45, 2.75) is 19.9 Å². The fourth-order valence-electron chi connectivity index (χ4n) is 4.38. The van der Waals surface area contributed by atoms with Gasteiger partial charge in [0.15, 0.2) is 0 Å². The zero-order chi connectivity index (χ0) is 23.7. The maximum atomic E-state index is 13.8. The van der Waals surface area contributed by atoms with Gasteiger partial charge in [0.1, 0.15) is 11.6 Å². The molecule has 0 saturated carbocycles. The van der Waals surface area contributed by atoms with Crippen LogP contribution in [0.3, 0.4) is 0 Å². The highest BCUT2D eigenvalue weighted by atomic mass is 19.1. The number of benzene rings is 2. The molecule has 1 saturated heterocycles. The van der Waals surface area contributed by atoms with E-state index >= 15 is 0 Å². The first kappa shape index (κ1) is 22.3. The van der Waals surface area contributed by atoms with Gasteiger partial charge < -0.3 is 19.4 Å². The lowest BCUT2D eigenvalue weighted by Crippen LogP contribution is -2.45. The van der Waals surface area contributed by atoms with Crippen LogP contribution in [-0.2, 0) is 13.0 Å². The molecule has 3 heterocycles.